The molecule has 0 spiro atoms. The van der Waals surface area contributed by atoms with Gasteiger partial charge in [-0.15, -0.1) is 0 Å². The van der Waals surface area contributed by atoms with Crippen LogP contribution in [0.3, 0.4) is 0 Å². The number of ether oxygens (including phenoxy) is 6. The number of hydrogen-bond donors (Lipinski definition) is 5. The van der Waals surface area contributed by atoms with Gasteiger partial charge < -0.3 is 49.7 Å². The van der Waals surface area contributed by atoms with E-state index in [1.54, 1.807) is 72.7 Å². The van der Waals surface area contributed by atoms with Gasteiger partial charge in [-0.05, 0) is 156 Å². The van der Waals surface area contributed by atoms with E-state index in [0.29, 0.717) is 44.0 Å². The number of hydrogen-bond acceptors (Lipinski definition) is 17. The van der Waals surface area contributed by atoms with Gasteiger partial charge in [0.05, 0.1) is 34.9 Å². The molecule has 1 fully saturated rings. The maximum Gasteiger partial charge on any atom is 0.408 e. The fourth-order valence-electron chi connectivity index (χ4n) is 8.07. The Bertz CT molecular complexity index is 2400. The van der Waals surface area contributed by atoms with Crippen molar-refractivity contribution in [2.75, 3.05) is 32.2 Å². The molecule has 0 bridgehead atoms. The maximum absolute atomic E-state index is 13.2. The lowest BCUT2D eigenvalue weighted by Gasteiger charge is -2.46. The van der Waals surface area contributed by atoms with Crippen LogP contribution >= 0.6 is 21.6 Å². The molecule has 20 nitrogen and oxygen atoms in total. The lowest BCUT2D eigenvalue weighted by atomic mass is 9.68. The molecule has 22 heteroatoms. The molecule has 4 amide bonds. The van der Waals surface area contributed by atoms with E-state index in [1.165, 1.54) is 18.3 Å². The number of carbonyl (C=O) groups is 5. The third kappa shape index (κ3) is 21.3. The number of aromatic nitrogens is 1. The minimum absolute atomic E-state index is 0.00591. The summed E-state index contributed by atoms with van der Waals surface area (Å²) in [5, 5.41) is 26.6. The van der Waals surface area contributed by atoms with E-state index in [9.17, 15) is 34.1 Å². The third-order valence-corrected chi connectivity index (χ3v) is 17.4. The van der Waals surface area contributed by atoms with Crippen molar-refractivity contribution in [2.45, 2.75) is 214 Å². The largest absolute Gasteiger partial charge is 0.484 e. The molecule has 1 saturated heterocycles. The number of rotatable bonds is 32. The lowest BCUT2D eigenvalue weighted by Crippen LogP contribution is -2.57. The summed E-state index contributed by atoms with van der Waals surface area (Å²) in [6.07, 6.45) is 1.89. The van der Waals surface area contributed by atoms with Crippen molar-refractivity contribution in [1.82, 2.24) is 31.6 Å². The summed E-state index contributed by atoms with van der Waals surface area (Å²) in [6, 6.07) is 8.14. The summed E-state index contributed by atoms with van der Waals surface area (Å²) in [4.78, 5) is 79.4. The Labute approximate surface area is 477 Å². The topological polar surface area (TPSA) is 267 Å². The van der Waals surface area contributed by atoms with Gasteiger partial charge in [0.2, 0.25) is 11.8 Å². The summed E-state index contributed by atoms with van der Waals surface area (Å²) >= 11 is 0. The average molecular weight is 1150 g/mol. The predicted molar refractivity (Wildman–Crippen MR) is 308 cm³/mol. The van der Waals surface area contributed by atoms with Gasteiger partial charge in [0, 0.05) is 48.0 Å². The zero-order valence-corrected chi connectivity index (χ0v) is 52.2. The van der Waals surface area contributed by atoms with E-state index in [2.05, 4.69) is 73.1 Å². The molecule has 1 aromatic carbocycles. The molecule has 1 aromatic heterocycles. The van der Waals surface area contributed by atoms with Crippen LogP contribution in [0.25, 0.3) is 0 Å². The van der Waals surface area contributed by atoms with Crippen LogP contribution in [0, 0.1) is 33.3 Å². The number of benzene rings is 1. The number of esters is 1. The van der Waals surface area contributed by atoms with Crippen LogP contribution in [0.2, 0.25) is 0 Å². The van der Waals surface area contributed by atoms with Gasteiger partial charge >= 0.3 is 17.7 Å². The molecule has 0 aliphatic carbocycles. The highest BCUT2D eigenvalue weighted by Crippen LogP contribution is 2.45. The van der Waals surface area contributed by atoms with Crippen LogP contribution in [-0.4, -0.2) is 123 Å². The fraction of sp³-hybridized carbons (Fsp3) is 0.719. The van der Waals surface area contributed by atoms with Crippen LogP contribution in [0.5, 0.6) is 5.75 Å². The molecule has 1 aliphatic heterocycles. The Morgan fingerprint density at radius 3 is 2.05 bits per heavy atom. The highest BCUT2D eigenvalue weighted by Gasteiger charge is 2.62. The van der Waals surface area contributed by atoms with Gasteiger partial charge in [0.1, 0.15) is 35.3 Å². The minimum atomic E-state index is -1.15. The van der Waals surface area contributed by atoms with Crippen molar-refractivity contribution in [2.24, 2.45) is 23.2 Å². The standard InChI is InChI=1S/C57H93N7O13S2/c1-36(2)45(66)62-54(15,16)48(68)59-39(5)30-51(9,10)75-31-37(3)52(11,12)55(17,18)74-29-27-56(19)57(20,63-56)76-32-38(4)53(13,14)61-44(65)34-72-41-25-23-40(24-26-41)33-73-47(67)42(60-49(69)77-50(6,7)8)35-78-79-46-43(64(70)71)22-21-28-58-46/h21-26,28,36-39,42,63H,27,29-35H2,1-20H3,(H,59,68)(H,60,69)(H,61,65)(H,62,66). The number of carbonyl (C=O) groups excluding carboxylic acids is 5. The zero-order chi connectivity index (χ0) is 60.2. The molecule has 6 unspecified atom stereocenters. The highest BCUT2D eigenvalue weighted by atomic mass is 33.1. The summed E-state index contributed by atoms with van der Waals surface area (Å²) in [6.45, 7) is 39.9. The monoisotopic (exact) mass is 1150 g/mol. The number of nitrogens with one attached hydrogen (secondary N) is 5. The van der Waals surface area contributed by atoms with Crippen LogP contribution in [0.1, 0.15) is 157 Å². The Morgan fingerprint density at radius 2 is 1.46 bits per heavy atom. The van der Waals surface area contributed by atoms with E-state index in [1.807, 2.05) is 48.5 Å². The first-order valence-electron chi connectivity index (χ1n) is 27.1. The Morgan fingerprint density at radius 1 is 0.823 bits per heavy atom. The lowest BCUT2D eigenvalue weighted by molar-refractivity contribution is -0.388. The van der Waals surface area contributed by atoms with Gasteiger partial charge in [-0.3, -0.25) is 29.8 Å². The Hall–Kier alpha value is -4.74. The van der Waals surface area contributed by atoms with Gasteiger partial charge in [-0.1, -0.05) is 64.5 Å². The second-order valence-corrected chi connectivity index (χ2v) is 27.6. The second-order valence-electron chi connectivity index (χ2n) is 25.3. The number of amides is 4. The molecule has 79 heavy (non-hydrogen) atoms. The van der Waals surface area contributed by atoms with Crippen LogP contribution in [0.4, 0.5) is 10.5 Å². The van der Waals surface area contributed by atoms with E-state index in [-0.39, 0.29) is 82.2 Å². The molecular weight excluding hydrogens is 1050 g/mol. The summed E-state index contributed by atoms with van der Waals surface area (Å²) in [5.41, 5.74) is -4.32. The molecule has 1 aliphatic rings. The normalized spacial score (nSPS) is 18.6. The quantitative estimate of drug-likeness (QED) is 0.0150. The highest BCUT2D eigenvalue weighted by molar-refractivity contribution is 8.76. The number of pyridine rings is 1. The second kappa shape index (κ2) is 27.8. The maximum atomic E-state index is 13.2. The van der Waals surface area contributed by atoms with E-state index in [4.69, 9.17) is 28.4 Å². The van der Waals surface area contributed by atoms with Crippen LogP contribution in [-0.2, 0) is 49.5 Å². The van der Waals surface area contributed by atoms with Crippen molar-refractivity contribution >= 4 is 57.1 Å². The van der Waals surface area contributed by atoms with E-state index >= 15 is 0 Å². The average Bonchev–Trinajstić information content (AvgIpc) is 3.98. The number of nitrogens with zero attached hydrogens (tertiary/aromatic N) is 2. The zero-order valence-electron chi connectivity index (χ0n) is 50.6. The minimum Gasteiger partial charge on any atom is -0.484 e. The van der Waals surface area contributed by atoms with E-state index in [0.717, 1.165) is 21.6 Å². The summed E-state index contributed by atoms with van der Waals surface area (Å²) < 4.78 is 36.4. The first kappa shape index (κ1) is 68.5. The van der Waals surface area contributed by atoms with Crippen molar-refractivity contribution in [3.05, 3.63) is 58.3 Å². The molecule has 5 N–H and O–H groups in total. The van der Waals surface area contributed by atoms with Gasteiger partial charge in [0.15, 0.2) is 11.6 Å². The van der Waals surface area contributed by atoms with Gasteiger partial charge in [0.25, 0.3) is 5.91 Å². The smallest absolute Gasteiger partial charge is 0.408 e. The SMILES string of the molecule is CC(CC(C)(C)OCC(C)C(C)(C)C(C)(C)OCCC1(C)NC1(C)OCC(C)C(C)(C)NC(=O)COc1ccc(COC(=O)C(CSSc2ncccc2[N+](=O)[O-])NC(=O)OC(C)(C)C)cc1)NC(=O)C(C)(C)NC(=O)C(C)C. The number of alkyl carbamates (subject to hydrolysis) is 1. The molecule has 0 saturated carbocycles. The van der Waals surface area contributed by atoms with Crippen molar-refractivity contribution in [3.63, 3.8) is 0 Å². The van der Waals surface area contributed by atoms with E-state index < -0.39 is 56.6 Å². The Balaban J connectivity index is 1.44. The van der Waals surface area contributed by atoms with Crippen molar-refractivity contribution in [1.29, 1.82) is 0 Å². The predicted octanol–water partition coefficient (Wildman–Crippen LogP) is 9.46. The number of nitro groups is 1. The molecule has 3 rings (SSSR count). The molecule has 2 aromatic rings. The molecule has 0 radical (unpaired) electrons. The summed E-state index contributed by atoms with van der Waals surface area (Å²) in [5.74, 6) is -1.25. The molecule has 2 heterocycles. The molecule has 6 atom stereocenters. The van der Waals surface area contributed by atoms with Crippen molar-refractivity contribution in [3.8, 4) is 5.75 Å². The van der Waals surface area contributed by atoms with Crippen molar-refractivity contribution < 1.29 is 57.3 Å². The van der Waals surface area contributed by atoms with Crippen LogP contribution in [0.15, 0.2) is 47.6 Å². The first-order valence-corrected chi connectivity index (χ1v) is 29.4. The van der Waals surface area contributed by atoms with Gasteiger partial charge in [-0.25, -0.2) is 14.6 Å². The molecular formula is C57H93N7O13S2. The van der Waals surface area contributed by atoms with Crippen LogP contribution < -0.4 is 31.3 Å². The third-order valence-electron chi connectivity index (χ3n) is 15.1. The Kier molecular flexibility index (Phi) is 24.1. The summed E-state index contributed by atoms with van der Waals surface area (Å²) in [7, 11) is 2.09. The van der Waals surface area contributed by atoms with Gasteiger partial charge in [-0.2, -0.15) is 0 Å². The first-order chi connectivity index (χ1) is 36.1. The fourth-order valence-corrected chi connectivity index (χ4v) is 10.3. The molecule has 446 valence electrons.